The van der Waals surface area contributed by atoms with E-state index < -0.39 is 15.1 Å². The van der Waals surface area contributed by atoms with E-state index >= 15 is 0 Å². The normalized spacial score (nSPS) is 13.2. The summed E-state index contributed by atoms with van der Waals surface area (Å²) in [5.41, 5.74) is 7.47. The average molecular weight is 310 g/mol. The van der Waals surface area contributed by atoms with Crippen LogP contribution in [0.15, 0.2) is 53.4 Å². The predicted molar refractivity (Wildman–Crippen MR) is 81.6 cm³/mol. The maximum Gasteiger partial charge on any atom is 0.186 e. The molecule has 0 bridgehead atoms. The lowest BCUT2D eigenvalue weighted by Crippen LogP contribution is -2.22. The SMILES string of the molecule is Cc1ccc(C(CN)S(=O)(=O)c2ccc(Cl)cc2)cc1. The number of halogens is 1. The summed E-state index contributed by atoms with van der Waals surface area (Å²) < 4.78 is 25.3. The molecule has 2 aromatic rings. The molecule has 0 aromatic heterocycles. The van der Waals surface area contributed by atoms with Gasteiger partial charge in [0, 0.05) is 11.6 Å². The lowest BCUT2D eigenvalue weighted by molar-refractivity contribution is 0.582. The minimum Gasteiger partial charge on any atom is -0.329 e. The summed E-state index contributed by atoms with van der Waals surface area (Å²) >= 11 is 5.79. The van der Waals surface area contributed by atoms with E-state index in [0.29, 0.717) is 10.6 Å². The summed E-state index contributed by atoms with van der Waals surface area (Å²) in [5.74, 6) is 0. The molecular weight excluding hydrogens is 294 g/mol. The summed E-state index contributed by atoms with van der Waals surface area (Å²) in [6.45, 7) is 1.99. The van der Waals surface area contributed by atoms with Crippen LogP contribution in [0.4, 0.5) is 0 Å². The maximum atomic E-state index is 12.6. The summed E-state index contributed by atoms with van der Waals surface area (Å²) in [6.07, 6.45) is 0. The molecule has 1 unspecified atom stereocenters. The summed E-state index contributed by atoms with van der Waals surface area (Å²) in [4.78, 5) is 0.234. The van der Waals surface area contributed by atoms with Gasteiger partial charge in [-0.3, -0.25) is 0 Å². The number of hydrogen-bond acceptors (Lipinski definition) is 3. The van der Waals surface area contributed by atoms with Crippen LogP contribution in [0.25, 0.3) is 0 Å². The lowest BCUT2D eigenvalue weighted by Gasteiger charge is -2.16. The van der Waals surface area contributed by atoms with Gasteiger partial charge in [-0.15, -0.1) is 0 Å². The van der Waals surface area contributed by atoms with Gasteiger partial charge < -0.3 is 5.73 Å². The number of rotatable bonds is 4. The molecule has 0 radical (unpaired) electrons. The highest BCUT2D eigenvalue weighted by molar-refractivity contribution is 7.91. The first-order valence-electron chi connectivity index (χ1n) is 6.21. The van der Waals surface area contributed by atoms with Crippen LogP contribution in [0, 0.1) is 6.92 Å². The number of aryl methyl sites for hydroxylation is 1. The van der Waals surface area contributed by atoms with Gasteiger partial charge in [-0.25, -0.2) is 8.42 Å². The zero-order valence-electron chi connectivity index (χ0n) is 11.1. The second-order valence-corrected chi connectivity index (χ2v) is 7.20. The van der Waals surface area contributed by atoms with Gasteiger partial charge in [0.1, 0.15) is 5.25 Å². The molecule has 0 heterocycles. The smallest absolute Gasteiger partial charge is 0.186 e. The molecule has 0 aliphatic heterocycles. The Morgan fingerprint density at radius 3 is 2.10 bits per heavy atom. The summed E-state index contributed by atoms with van der Waals surface area (Å²) in [7, 11) is -3.52. The van der Waals surface area contributed by atoms with Gasteiger partial charge in [-0.2, -0.15) is 0 Å². The maximum absolute atomic E-state index is 12.6. The molecule has 20 heavy (non-hydrogen) atoms. The van der Waals surface area contributed by atoms with Crippen molar-refractivity contribution >= 4 is 21.4 Å². The zero-order chi connectivity index (χ0) is 14.8. The van der Waals surface area contributed by atoms with Crippen molar-refractivity contribution in [3.8, 4) is 0 Å². The third kappa shape index (κ3) is 3.03. The van der Waals surface area contributed by atoms with Crippen molar-refractivity contribution in [3.05, 3.63) is 64.7 Å². The molecule has 0 amide bonds. The van der Waals surface area contributed by atoms with E-state index in [1.54, 1.807) is 24.3 Å². The van der Waals surface area contributed by atoms with Gasteiger partial charge in [0.2, 0.25) is 0 Å². The van der Waals surface area contributed by atoms with Crippen LogP contribution >= 0.6 is 11.6 Å². The molecule has 2 aromatic carbocycles. The molecule has 0 spiro atoms. The van der Waals surface area contributed by atoms with E-state index in [4.69, 9.17) is 17.3 Å². The first-order valence-corrected chi connectivity index (χ1v) is 8.13. The Kier molecular flexibility index (Phi) is 4.48. The molecule has 2 rings (SSSR count). The molecule has 106 valence electrons. The Balaban J connectivity index is 2.44. The molecule has 2 N–H and O–H groups in total. The Bertz CT molecular complexity index is 679. The zero-order valence-corrected chi connectivity index (χ0v) is 12.7. The summed E-state index contributed by atoms with van der Waals surface area (Å²) in [5, 5.41) is -0.243. The number of benzene rings is 2. The van der Waals surface area contributed by atoms with Crippen molar-refractivity contribution in [2.45, 2.75) is 17.1 Å². The van der Waals surface area contributed by atoms with Crippen LogP contribution in [0.5, 0.6) is 0 Å². The molecule has 0 saturated heterocycles. The predicted octanol–water partition coefficient (Wildman–Crippen LogP) is 3.12. The molecule has 0 fully saturated rings. The molecule has 3 nitrogen and oxygen atoms in total. The number of nitrogens with two attached hydrogens (primary N) is 1. The van der Waals surface area contributed by atoms with Crippen LogP contribution in [0.2, 0.25) is 5.02 Å². The van der Waals surface area contributed by atoms with E-state index in [1.165, 1.54) is 12.1 Å². The van der Waals surface area contributed by atoms with Crippen molar-refractivity contribution in [3.63, 3.8) is 0 Å². The fourth-order valence-corrected chi connectivity index (χ4v) is 3.75. The second-order valence-electron chi connectivity index (χ2n) is 4.63. The van der Waals surface area contributed by atoms with Gasteiger partial charge in [-0.05, 0) is 36.8 Å². The molecular formula is C15H16ClNO2S. The van der Waals surface area contributed by atoms with Crippen LogP contribution in [-0.4, -0.2) is 15.0 Å². The lowest BCUT2D eigenvalue weighted by atomic mass is 10.1. The van der Waals surface area contributed by atoms with Crippen molar-refractivity contribution in [1.29, 1.82) is 0 Å². The molecule has 1 atom stereocenters. The van der Waals surface area contributed by atoms with Gasteiger partial charge in [0.25, 0.3) is 0 Å². The fourth-order valence-electron chi connectivity index (χ4n) is 2.01. The highest BCUT2D eigenvalue weighted by Crippen LogP contribution is 2.29. The average Bonchev–Trinajstić information content (AvgIpc) is 2.42. The number of hydrogen-bond donors (Lipinski definition) is 1. The Hall–Kier alpha value is -1.36. The Labute approximate surface area is 124 Å². The van der Waals surface area contributed by atoms with E-state index in [-0.39, 0.29) is 11.4 Å². The first-order chi connectivity index (χ1) is 9.45. The molecule has 5 heteroatoms. The summed E-state index contributed by atoms with van der Waals surface area (Å²) in [6, 6.07) is 13.5. The largest absolute Gasteiger partial charge is 0.329 e. The Morgan fingerprint density at radius 2 is 1.60 bits per heavy atom. The second kappa shape index (κ2) is 5.95. The van der Waals surface area contributed by atoms with Crippen molar-refractivity contribution < 1.29 is 8.42 Å². The van der Waals surface area contributed by atoms with E-state index in [0.717, 1.165) is 5.56 Å². The standard InChI is InChI=1S/C15H16ClNO2S/c1-11-2-4-12(5-3-11)15(10-17)20(18,19)14-8-6-13(16)7-9-14/h2-9,15H,10,17H2,1H3. The van der Waals surface area contributed by atoms with Gasteiger partial charge in [0.15, 0.2) is 9.84 Å². The van der Waals surface area contributed by atoms with Crippen LogP contribution < -0.4 is 5.73 Å². The number of sulfone groups is 1. The highest BCUT2D eigenvalue weighted by atomic mass is 35.5. The highest BCUT2D eigenvalue weighted by Gasteiger charge is 2.27. The minimum atomic E-state index is -3.52. The molecule has 0 saturated carbocycles. The van der Waals surface area contributed by atoms with Crippen molar-refractivity contribution in [2.24, 2.45) is 5.73 Å². The van der Waals surface area contributed by atoms with E-state index in [1.807, 2.05) is 19.1 Å². The third-order valence-electron chi connectivity index (χ3n) is 3.18. The van der Waals surface area contributed by atoms with Crippen LogP contribution in [0.1, 0.15) is 16.4 Å². The van der Waals surface area contributed by atoms with Crippen molar-refractivity contribution in [1.82, 2.24) is 0 Å². The molecule has 0 aliphatic rings. The van der Waals surface area contributed by atoms with E-state index in [2.05, 4.69) is 0 Å². The Morgan fingerprint density at radius 1 is 1.05 bits per heavy atom. The minimum absolute atomic E-state index is 0.0357. The van der Waals surface area contributed by atoms with Crippen molar-refractivity contribution in [2.75, 3.05) is 6.54 Å². The molecule has 0 aliphatic carbocycles. The van der Waals surface area contributed by atoms with Crippen LogP contribution in [0.3, 0.4) is 0 Å². The monoisotopic (exact) mass is 309 g/mol. The fraction of sp³-hybridized carbons (Fsp3) is 0.200. The van der Waals surface area contributed by atoms with Gasteiger partial charge in [0.05, 0.1) is 4.90 Å². The quantitative estimate of drug-likeness (QED) is 0.944. The van der Waals surface area contributed by atoms with Crippen LogP contribution in [-0.2, 0) is 9.84 Å². The van der Waals surface area contributed by atoms with Gasteiger partial charge >= 0.3 is 0 Å². The topological polar surface area (TPSA) is 60.2 Å². The van der Waals surface area contributed by atoms with Gasteiger partial charge in [-0.1, -0.05) is 41.4 Å². The first kappa shape index (κ1) is 15.0. The van der Waals surface area contributed by atoms with E-state index in [9.17, 15) is 8.42 Å². The third-order valence-corrected chi connectivity index (χ3v) is 5.57.